The molecule has 0 bridgehead atoms. The van der Waals surface area contributed by atoms with Crippen molar-refractivity contribution in [2.24, 2.45) is 0 Å². The Kier molecular flexibility index (Phi) is 4.20. The molecule has 0 saturated heterocycles. The minimum atomic E-state index is 0.385. The monoisotopic (exact) mass is 265 g/mol. The maximum absolute atomic E-state index is 5.94. The van der Waals surface area contributed by atoms with Crippen LogP contribution in [0.25, 0.3) is 0 Å². The van der Waals surface area contributed by atoms with Crippen LogP contribution in [-0.4, -0.2) is 14.8 Å². The second kappa shape index (κ2) is 5.87. The fraction of sp³-hybridized carbons (Fsp3) is 0.385. The number of rotatable bonds is 5. The average molecular weight is 266 g/mol. The fourth-order valence-corrected chi connectivity index (χ4v) is 1.88. The molecule has 2 rings (SSSR count). The summed E-state index contributed by atoms with van der Waals surface area (Å²) in [5, 5.41) is 4.85. The molecule has 18 heavy (non-hydrogen) atoms. The summed E-state index contributed by atoms with van der Waals surface area (Å²) < 4.78 is 7.62. The van der Waals surface area contributed by atoms with E-state index in [0.29, 0.717) is 17.5 Å². The van der Waals surface area contributed by atoms with Crippen molar-refractivity contribution in [1.82, 2.24) is 14.8 Å². The number of aryl methyl sites for hydroxylation is 2. The van der Waals surface area contributed by atoms with E-state index >= 15 is 0 Å². The van der Waals surface area contributed by atoms with Gasteiger partial charge in [-0.2, -0.15) is 5.10 Å². The predicted octanol–water partition coefficient (Wildman–Crippen LogP) is 3.09. The Bertz CT molecular complexity index is 525. The SMILES string of the molecule is CCc1cc(COc2cccnc2Cl)n(CC)n1. The summed E-state index contributed by atoms with van der Waals surface area (Å²) in [4.78, 5) is 3.97. The number of hydrogen-bond donors (Lipinski definition) is 0. The second-order valence-electron chi connectivity index (χ2n) is 3.88. The summed E-state index contributed by atoms with van der Waals surface area (Å²) in [6.45, 7) is 5.43. The second-order valence-corrected chi connectivity index (χ2v) is 4.24. The summed E-state index contributed by atoms with van der Waals surface area (Å²) >= 11 is 5.94. The van der Waals surface area contributed by atoms with Crippen molar-refractivity contribution in [3.8, 4) is 5.75 Å². The van der Waals surface area contributed by atoms with Crippen LogP contribution in [-0.2, 0) is 19.6 Å². The Morgan fingerprint density at radius 1 is 1.39 bits per heavy atom. The normalized spacial score (nSPS) is 10.6. The van der Waals surface area contributed by atoms with Gasteiger partial charge in [0, 0.05) is 12.7 Å². The molecule has 0 spiro atoms. The minimum Gasteiger partial charge on any atom is -0.484 e. The van der Waals surface area contributed by atoms with E-state index in [0.717, 1.165) is 24.4 Å². The molecule has 0 aliphatic rings. The van der Waals surface area contributed by atoms with Gasteiger partial charge in [-0.3, -0.25) is 4.68 Å². The summed E-state index contributed by atoms with van der Waals surface area (Å²) in [5.74, 6) is 0.598. The van der Waals surface area contributed by atoms with Gasteiger partial charge in [-0.15, -0.1) is 0 Å². The van der Waals surface area contributed by atoms with Crippen molar-refractivity contribution in [3.05, 3.63) is 40.9 Å². The highest BCUT2D eigenvalue weighted by Crippen LogP contribution is 2.21. The standard InChI is InChI=1S/C13H16ClN3O/c1-3-10-8-11(17(4-2)16-10)9-18-12-6-5-7-15-13(12)14/h5-8H,3-4,9H2,1-2H3. The number of hydrogen-bond acceptors (Lipinski definition) is 3. The highest BCUT2D eigenvalue weighted by Gasteiger charge is 2.08. The van der Waals surface area contributed by atoms with E-state index in [-0.39, 0.29) is 0 Å². The van der Waals surface area contributed by atoms with Crippen LogP contribution in [0.4, 0.5) is 0 Å². The lowest BCUT2D eigenvalue weighted by Gasteiger charge is -2.08. The Morgan fingerprint density at radius 2 is 2.22 bits per heavy atom. The Hall–Kier alpha value is -1.55. The van der Waals surface area contributed by atoms with Gasteiger partial charge in [0.2, 0.25) is 0 Å². The molecule has 2 aromatic rings. The van der Waals surface area contributed by atoms with Gasteiger partial charge in [-0.1, -0.05) is 18.5 Å². The van der Waals surface area contributed by atoms with Crippen molar-refractivity contribution >= 4 is 11.6 Å². The number of halogens is 1. The molecule has 0 aliphatic carbocycles. The summed E-state index contributed by atoms with van der Waals surface area (Å²) in [7, 11) is 0. The minimum absolute atomic E-state index is 0.385. The first kappa shape index (κ1) is 12.9. The van der Waals surface area contributed by atoms with Crippen LogP contribution in [0.5, 0.6) is 5.75 Å². The summed E-state index contributed by atoms with van der Waals surface area (Å²) in [5.41, 5.74) is 2.13. The fourth-order valence-electron chi connectivity index (χ4n) is 1.71. The molecular formula is C13H16ClN3O. The molecule has 0 aromatic carbocycles. The topological polar surface area (TPSA) is 39.9 Å². The number of aromatic nitrogens is 3. The molecule has 4 nitrogen and oxygen atoms in total. The molecule has 2 aromatic heterocycles. The highest BCUT2D eigenvalue weighted by atomic mass is 35.5. The van der Waals surface area contributed by atoms with Crippen molar-refractivity contribution < 1.29 is 4.74 Å². The lowest BCUT2D eigenvalue weighted by Crippen LogP contribution is -2.06. The lowest BCUT2D eigenvalue weighted by atomic mass is 10.3. The van der Waals surface area contributed by atoms with Gasteiger partial charge in [-0.25, -0.2) is 4.98 Å². The predicted molar refractivity (Wildman–Crippen MR) is 70.9 cm³/mol. The zero-order chi connectivity index (χ0) is 13.0. The highest BCUT2D eigenvalue weighted by molar-refractivity contribution is 6.30. The van der Waals surface area contributed by atoms with Gasteiger partial charge in [-0.05, 0) is 31.5 Å². The van der Waals surface area contributed by atoms with E-state index in [1.807, 2.05) is 10.7 Å². The van der Waals surface area contributed by atoms with Crippen LogP contribution in [0.3, 0.4) is 0 Å². The molecular weight excluding hydrogens is 250 g/mol. The van der Waals surface area contributed by atoms with Crippen LogP contribution in [0.15, 0.2) is 24.4 Å². The van der Waals surface area contributed by atoms with Gasteiger partial charge in [0.25, 0.3) is 0 Å². The van der Waals surface area contributed by atoms with E-state index in [1.165, 1.54) is 0 Å². The van der Waals surface area contributed by atoms with Crippen LogP contribution in [0, 0.1) is 0 Å². The first-order valence-corrected chi connectivity index (χ1v) is 6.41. The van der Waals surface area contributed by atoms with Crippen molar-refractivity contribution in [2.45, 2.75) is 33.4 Å². The molecule has 0 N–H and O–H groups in total. The Labute approximate surface area is 112 Å². The molecule has 0 unspecified atom stereocenters. The van der Waals surface area contributed by atoms with E-state index < -0.39 is 0 Å². The number of ether oxygens (including phenoxy) is 1. The third-order valence-electron chi connectivity index (χ3n) is 2.68. The number of nitrogens with zero attached hydrogens (tertiary/aromatic N) is 3. The van der Waals surface area contributed by atoms with E-state index in [2.05, 4.69) is 30.0 Å². The zero-order valence-electron chi connectivity index (χ0n) is 10.6. The molecule has 0 amide bonds. The smallest absolute Gasteiger partial charge is 0.171 e. The van der Waals surface area contributed by atoms with Gasteiger partial charge >= 0.3 is 0 Å². The van der Waals surface area contributed by atoms with Crippen LogP contribution in [0.2, 0.25) is 5.15 Å². The van der Waals surface area contributed by atoms with Crippen molar-refractivity contribution in [1.29, 1.82) is 0 Å². The van der Waals surface area contributed by atoms with Crippen molar-refractivity contribution in [2.75, 3.05) is 0 Å². The zero-order valence-corrected chi connectivity index (χ0v) is 11.3. The Morgan fingerprint density at radius 3 is 2.89 bits per heavy atom. The van der Waals surface area contributed by atoms with Gasteiger partial charge < -0.3 is 4.74 Å². The maximum Gasteiger partial charge on any atom is 0.171 e. The van der Waals surface area contributed by atoms with Crippen molar-refractivity contribution in [3.63, 3.8) is 0 Å². The molecule has 96 valence electrons. The molecule has 0 saturated carbocycles. The molecule has 5 heteroatoms. The third kappa shape index (κ3) is 2.82. The van der Waals surface area contributed by atoms with Crippen LogP contribution in [0.1, 0.15) is 25.2 Å². The van der Waals surface area contributed by atoms with Gasteiger partial charge in [0.15, 0.2) is 10.9 Å². The molecule has 2 heterocycles. The molecule has 0 aliphatic heterocycles. The van der Waals surface area contributed by atoms with E-state index in [4.69, 9.17) is 16.3 Å². The third-order valence-corrected chi connectivity index (χ3v) is 2.96. The summed E-state index contributed by atoms with van der Waals surface area (Å²) in [6, 6.07) is 5.67. The van der Waals surface area contributed by atoms with Gasteiger partial charge in [0.05, 0.1) is 11.4 Å². The van der Waals surface area contributed by atoms with E-state index in [1.54, 1.807) is 12.3 Å². The van der Waals surface area contributed by atoms with Gasteiger partial charge in [0.1, 0.15) is 6.61 Å². The largest absolute Gasteiger partial charge is 0.484 e. The molecule has 0 radical (unpaired) electrons. The summed E-state index contributed by atoms with van der Waals surface area (Å²) in [6.07, 6.45) is 2.56. The quantitative estimate of drug-likeness (QED) is 0.780. The number of pyridine rings is 1. The first-order chi connectivity index (χ1) is 8.74. The Balaban J connectivity index is 2.10. The van der Waals surface area contributed by atoms with Crippen LogP contribution < -0.4 is 4.74 Å². The maximum atomic E-state index is 5.94. The lowest BCUT2D eigenvalue weighted by molar-refractivity contribution is 0.291. The van der Waals surface area contributed by atoms with Crippen LogP contribution >= 0.6 is 11.6 Å². The molecule has 0 atom stereocenters. The first-order valence-electron chi connectivity index (χ1n) is 6.03. The van der Waals surface area contributed by atoms with E-state index in [9.17, 15) is 0 Å². The molecule has 0 fully saturated rings. The average Bonchev–Trinajstić information content (AvgIpc) is 2.80.